The van der Waals surface area contributed by atoms with Gasteiger partial charge in [0.2, 0.25) is 0 Å². The van der Waals surface area contributed by atoms with E-state index in [1.54, 1.807) is 6.20 Å². The molecule has 0 radical (unpaired) electrons. The number of anilines is 1. The van der Waals surface area contributed by atoms with Crippen LogP contribution in [-0.4, -0.2) is 30.0 Å². The van der Waals surface area contributed by atoms with Crippen molar-refractivity contribution in [3.05, 3.63) is 77.6 Å². The van der Waals surface area contributed by atoms with E-state index < -0.39 is 0 Å². The Morgan fingerprint density at radius 3 is 2.50 bits per heavy atom. The first-order valence-corrected chi connectivity index (χ1v) is 8.48. The number of hydrogen-bond donors (Lipinski definition) is 1. The maximum Gasteiger partial charge on any atom is 0.253 e. The van der Waals surface area contributed by atoms with Crippen molar-refractivity contribution in [1.29, 1.82) is 0 Å². The van der Waals surface area contributed by atoms with Gasteiger partial charge in [-0.25, -0.2) is 4.98 Å². The topological polar surface area (TPSA) is 58.1 Å². The van der Waals surface area contributed by atoms with Gasteiger partial charge in [-0.05, 0) is 25.1 Å². The molecule has 1 amide bonds. The third-order valence-electron chi connectivity index (χ3n) is 4.13. The number of aryl methyl sites for hydroxylation is 1. The molecule has 0 saturated carbocycles. The zero-order valence-electron chi connectivity index (χ0n) is 15.2. The molecule has 1 aromatic carbocycles. The molecule has 1 N–H and O–H groups in total. The van der Waals surface area contributed by atoms with Crippen LogP contribution in [0, 0.1) is 6.92 Å². The second-order valence-corrected chi connectivity index (χ2v) is 6.26. The van der Waals surface area contributed by atoms with Crippen LogP contribution in [0.3, 0.4) is 0 Å². The van der Waals surface area contributed by atoms with Crippen LogP contribution in [0.1, 0.15) is 21.6 Å². The lowest BCUT2D eigenvalue weighted by Gasteiger charge is -2.16. The molecule has 3 aromatic rings. The van der Waals surface area contributed by atoms with Crippen LogP contribution in [0.15, 0.2) is 60.8 Å². The molecule has 0 unspecified atom stereocenters. The average Bonchev–Trinajstić information content (AvgIpc) is 2.67. The Morgan fingerprint density at radius 2 is 1.81 bits per heavy atom. The number of carbonyl (C=O) groups is 1. The summed E-state index contributed by atoms with van der Waals surface area (Å²) in [7, 11) is 3.87. The maximum absolute atomic E-state index is 12.6. The van der Waals surface area contributed by atoms with Crippen LogP contribution in [0.2, 0.25) is 0 Å². The SMILES string of the molecule is Cc1nc(-c2ccccc2)ccc1C(=O)NCc1cccnc1N(C)C. The molecule has 0 saturated heterocycles. The van der Waals surface area contributed by atoms with Gasteiger partial charge in [0, 0.05) is 38.0 Å². The molecule has 5 heteroatoms. The summed E-state index contributed by atoms with van der Waals surface area (Å²) in [4.78, 5) is 23.5. The normalized spacial score (nSPS) is 10.4. The molecule has 0 aliphatic heterocycles. The zero-order valence-corrected chi connectivity index (χ0v) is 15.2. The Hall–Kier alpha value is -3.21. The van der Waals surface area contributed by atoms with E-state index in [1.807, 2.05) is 80.5 Å². The van der Waals surface area contributed by atoms with Gasteiger partial charge in [0.05, 0.1) is 17.0 Å². The van der Waals surface area contributed by atoms with E-state index in [1.165, 1.54) is 0 Å². The van der Waals surface area contributed by atoms with E-state index in [4.69, 9.17) is 0 Å². The van der Waals surface area contributed by atoms with Crippen LogP contribution in [0.4, 0.5) is 5.82 Å². The van der Waals surface area contributed by atoms with E-state index in [-0.39, 0.29) is 5.91 Å². The molecule has 0 aliphatic carbocycles. The minimum atomic E-state index is -0.136. The number of amides is 1. The Bertz CT molecular complexity index is 907. The predicted octanol–water partition coefficient (Wildman–Crippen LogP) is 3.45. The largest absolute Gasteiger partial charge is 0.362 e. The molecule has 0 atom stereocenters. The lowest BCUT2D eigenvalue weighted by molar-refractivity contribution is 0.0950. The van der Waals surface area contributed by atoms with Crippen LogP contribution < -0.4 is 10.2 Å². The number of aromatic nitrogens is 2. The minimum Gasteiger partial charge on any atom is -0.362 e. The van der Waals surface area contributed by atoms with Gasteiger partial charge in [0.15, 0.2) is 0 Å². The predicted molar refractivity (Wildman–Crippen MR) is 104 cm³/mol. The monoisotopic (exact) mass is 346 g/mol. The molecule has 0 aliphatic rings. The van der Waals surface area contributed by atoms with Crippen molar-refractivity contribution >= 4 is 11.7 Å². The number of pyridine rings is 2. The summed E-state index contributed by atoms with van der Waals surface area (Å²) in [5.74, 6) is 0.713. The number of hydrogen-bond acceptors (Lipinski definition) is 4. The molecular weight excluding hydrogens is 324 g/mol. The van der Waals surface area contributed by atoms with Crippen molar-refractivity contribution in [3.8, 4) is 11.3 Å². The van der Waals surface area contributed by atoms with Crippen molar-refractivity contribution in [2.24, 2.45) is 0 Å². The number of benzene rings is 1. The van der Waals surface area contributed by atoms with Gasteiger partial charge in [-0.2, -0.15) is 0 Å². The quantitative estimate of drug-likeness (QED) is 0.769. The second kappa shape index (κ2) is 7.78. The van der Waals surface area contributed by atoms with E-state index >= 15 is 0 Å². The summed E-state index contributed by atoms with van der Waals surface area (Å²) in [6, 6.07) is 17.5. The highest BCUT2D eigenvalue weighted by molar-refractivity contribution is 5.95. The molecule has 0 spiro atoms. The van der Waals surface area contributed by atoms with Crippen LogP contribution in [0.25, 0.3) is 11.3 Å². The molecule has 2 heterocycles. The summed E-state index contributed by atoms with van der Waals surface area (Å²) in [6.45, 7) is 2.27. The highest BCUT2D eigenvalue weighted by Crippen LogP contribution is 2.19. The summed E-state index contributed by atoms with van der Waals surface area (Å²) >= 11 is 0. The molecule has 2 aromatic heterocycles. The van der Waals surface area contributed by atoms with E-state index in [2.05, 4.69) is 15.3 Å². The Balaban J connectivity index is 1.75. The molecule has 5 nitrogen and oxygen atoms in total. The van der Waals surface area contributed by atoms with Crippen molar-refractivity contribution in [1.82, 2.24) is 15.3 Å². The third-order valence-corrected chi connectivity index (χ3v) is 4.13. The number of nitrogens with zero attached hydrogens (tertiary/aromatic N) is 3. The lowest BCUT2D eigenvalue weighted by Crippen LogP contribution is -2.25. The van der Waals surface area contributed by atoms with Gasteiger partial charge in [-0.15, -0.1) is 0 Å². The first-order valence-electron chi connectivity index (χ1n) is 8.48. The van der Waals surface area contributed by atoms with E-state index in [9.17, 15) is 4.79 Å². The number of nitrogens with one attached hydrogen (secondary N) is 1. The first-order chi connectivity index (χ1) is 12.6. The first kappa shape index (κ1) is 17.6. The van der Waals surface area contributed by atoms with Crippen LogP contribution in [0.5, 0.6) is 0 Å². The molecular formula is C21H22N4O. The zero-order chi connectivity index (χ0) is 18.5. The van der Waals surface area contributed by atoms with Crippen molar-refractivity contribution in [2.75, 3.05) is 19.0 Å². The summed E-state index contributed by atoms with van der Waals surface area (Å²) in [5.41, 5.74) is 4.16. The van der Waals surface area contributed by atoms with Crippen LogP contribution >= 0.6 is 0 Å². The molecule has 0 fully saturated rings. The number of rotatable bonds is 5. The standard InChI is InChI=1S/C21H22N4O/c1-15-18(11-12-19(24-15)16-8-5-4-6-9-16)21(26)23-14-17-10-7-13-22-20(17)25(2)3/h4-13H,14H2,1-3H3,(H,23,26). The summed E-state index contributed by atoms with van der Waals surface area (Å²) in [5, 5.41) is 2.96. The highest BCUT2D eigenvalue weighted by Gasteiger charge is 2.13. The molecule has 0 bridgehead atoms. The Labute approximate surface area is 153 Å². The lowest BCUT2D eigenvalue weighted by atomic mass is 10.1. The Morgan fingerprint density at radius 1 is 1.04 bits per heavy atom. The van der Waals surface area contributed by atoms with E-state index in [0.717, 1.165) is 22.6 Å². The molecule has 132 valence electrons. The van der Waals surface area contributed by atoms with Crippen molar-refractivity contribution in [2.45, 2.75) is 13.5 Å². The fraction of sp³-hybridized carbons (Fsp3) is 0.190. The Kier molecular flexibility index (Phi) is 5.27. The van der Waals surface area contributed by atoms with Crippen LogP contribution in [-0.2, 0) is 6.54 Å². The van der Waals surface area contributed by atoms with Gasteiger partial charge in [-0.1, -0.05) is 36.4 Å². The van der Waals surface area contributed by atoms with Crippen molar-refractivity contribution in [3.63, 3.8) is 0 Å². The van der Waals surface area contributed by atoms with Gasteiger partial charge in [0.25, 0.3) is 5.91 Å². The summed E-state index contributed by atoms with van der Waals surface area (Å²) < 4.78 is 0. The van der Waals surface area contributed by atoms with Gasteiger partial charge in [-0.3, -0.25) is 9.78 Å². The molecule has 26 heavy (non-hydrogen) atoms. The van der Waals surface area contributed by atoms with Crippen molar-refractivity contribution < 1.29 is 4.79 Å². The summed E-state index contributed by atoms with van der Waals surface area (Å²) in [6.07, 6.45) is 1.75. The minimum absolute atomic E-state index is 0.136. The van der Waals surface area contributed by atoms with Gasteiger partial charge in [0.1, 0.15) is 5.82 Å². The van der Waals surface area contributed by atoms with E-state index in [0.29, 0.717) is 17.8 Å². The maximum atomic E-state index is 12.6. The fourth-order valence-corrected chi connectivity index (χ4v) is 2.81. The average molecular weight is 346 g/mol. The third kappa shape index (κ3) is 3.88. The van der Waals surface area contributed by atoms with Gasteiger partial charge < -0.3 is 10.2 Å². The smallest absolute Gasteiger partial charge is 0.253 e. The van der Waals surface area contributed by atoms with Gasteiger partial charge >= 0.3 is 0 Å². The molecule has 3 rings (SSSR count). The second-order valence-electron chi connectivity index (χ2n) is 6.26. The highest BCUT2D eigenvalue weighted by atomic mass is 16.1. The fourth-order valence-electron chi connectivity index (χ4n) is 2.81. The number of carbonyl (C=O) groups excluding carboxylic acids is 1.